The number of allylic oxidation sites excluding steroid dienone is 5. The summed E-state index contributed by atoms with van der Waals surface area (Å²) in [6, 6.07) is -0.823. The zero-order valence-corrected chi connectivity index (χ0v) is 47.9. The minimum absolute atomic E-state index is 0.185. The number of hydrogen-bond donors (Lipinski definition) is 6. The number of hydrogen-bond acceptors (Lipinski definition) is 8. The lowest BCUT2D eigenvalue weighted by molar-refractivity contribution is -0.302. The largest absolute Gasteiger partial charge is 0.394 e. The number of aliphatic hydroxyl groups excluding tert-OH is 5. The van der Waals surface area contributed by atoms with Crippen LogP contribution >= 0.6 is 0 Å². The second-order valence-corrected chi connectivity index (χ2v) is 22.2. The first-order valence-electron chi connectivity index (χ1n) is 31.7. The molecule has 7 unspecified atom stereocenters. The molecule has 0 aliphatic carbocycles. The van der Waals surface area contributed by atoms with Crippen molar-refractivity contribution in [3.8, 4) is 0 Å². The molecule has 6 N–H and O–H groups in total. The van der Waals surface area contributed by atoms with Crippen LogP contribution < -0.4 is 5.32 Å². The Morgan fingerprint density at radius 1 is 0.452 bits per heavy atom. The minimum atomic E-state index is -1.57. The monoisotopic (exact) mass is 1030 g/mol. The highest BCUT2D eigenvalue weighted by molar-refractivity contribution is 5.76. The van der Waals surface area contributed by atoms with Gasteiger partial charge >= 0.3 is 0 Å². The molecule has 0 aromatic carbocycles. The summed E-state index contributed by atoms with van der Waals surface area (Å²) in [7, 11) is 0. The molecule has 430 valence electrons. The van der Waals surface area contributed by atoms with E-state index in [2.05, 4.69) is 43.5 Å². The van der Waals surface area contributed by atoms with Gasteiger partial charge in [0, 0.05) is 6.42 Å². The van der Waals surface area contributed by atoms with E-state index >= 15 is 0 Å². The average molecular weight is 1030 g/mol. The van der Waals surface area contributed by atoms with Crippen LogP contribution in [0, 0.1) is 0 Å². The summed E-state index contributed by atoms with van der Waals surface area (Å²) < 4.78 is 11.3. The number of ether oxygens (including phenoxy) is 2. The predicted molar refractivity (Wildman–Crippen MR) is 309 cm³/mol. The maximum atomic E-state index is 13.1. The number of aliphatic hydroxyl groups is 5. The van der Waals surface area contributed by atoms with Gasteiger partial charge < -0.3 is 40.3 Å². The van der Waals surface area contributed by atoms with Crippen LogP contribution in [-0.2, 0) is 14.3 Å². The van der Waals surface area contributed by atoms with Crippen molar-refractivity contribution < 1.29 is 39.8 Å². The van der Waals surface area contributed by atoms with E-state index < -0.39 is 49.5 Å². The normalized spacial score (nSPS) is 19.2. The molecule has 1 aliphatic rings. The molecule has 0 spiro atoms. The highest BCUT2D eigenvalue weighted by atomic mass is 16.7. The Morgan fingerprint density at radius 3 is 1.15 bits per heavy atom. The van der Waals surface area contributed by atoms with Gasteiger partial charge in [0.15, 0.2) is 6.29 Å². The van der Waals surface area contributed by atoms with Crippen LogP contribution in [0.1, 0.15) is 309 Å². The van der Waals surface area contributed by atoms with E-state index in [1.807, 2.05) is 6.08 Å². The molecule has 9 heteroatoms. The van der Waals surface area contributed by atoms with Crippen molar-refractivity contribution >= 4 is 5.91 Å². The first kappa shape index (κ1) is 69.4. The molecule has 0 saturated carbocycles. The fourth-order valence-electron chi connectivity index (χ4n) is 10.2. The second-order valence-electron chi connectivity index (χ2n) is 22.2. The van der Waals surface area contributed by atoms with Crippen LogP contribution in [0.15, 0.2) is 36.5 Å². The molecule has 0 radical (unpaired) electrons. The van der Waals surface area contributed by atoms with E-state index in [0.29, 0.717) is 6.42 Å². The molecule has 0 bridgehead atoms. The van der Waals surface area contributed by atoms with Crippen LogP contribution in [0.5, 0.6) is 0 Å². The van der Waals surface area contributed by atoms with Gasteiger partial charge in [-0.3, -0.25) is 4.79 Å². The summed E-state index contributed by atoms with van der Waals surface area (Å²) in [6.45, 7) is 3.79. The molecule has 7 atom stereocenters. The molecule has 1 heterocycles. The molecule has 9 nitrogen and oxygen atoms in total. The van der Waals surface area contributed by atoms with Crippen molar-refractivity contribution in [2.24, 2.45) is 0 Å². The summed E-state index contributed by atoms with van der Waals surface area (Å²) in [4.78, 5) is 13.1. The van der Waals surface area contributed by atoms with Gasteiger partial charge in [-0.1, -0.05) is 281 Å². The van der Waals surface area contributed by atoms with E-state index in [1.54, 1.807) is 6.08 Å². The molecule has 1 fully saturated rings. The maximum absolute atomic E-state index is 13.1. The van der Waals surface area contributed by atoms with Gasteiger partial charge in [0.1, 0.15) is 24.4 Å². The molecule has 1 rings (SSSR count). The van der Waals surface area contributed by atoms with Crippen LogP contribution in [0.25, 0.3) is 0 Å². The first-order valence-corrected chi connectivity index (χ1v) is 31.7. The van der Waals surface area contributed by atoms with E-state index in [0.717, 1.165) is 38.5 Å². The maximum Gasteiger partial charge on any atom is 0.220 e. The van der Waals surface area contributed by atoms with Crippen molar-refractivity contribution in [2.75, 3.05) is 13.2 Å². The molecular formula is C64H121NO8. The number of carbonyl (C=O) groups is 1. The molecule has 1 amide bonds. The first-order chi connectivity index (χ1) is 35.8. The van der Waals surface area contributed by atoms with Gasteiger partial charge in [0.25, 0.3) is 0 Å². The molecule has 0 aromatic rings. The summed E-state index contributed by atoms with van der Waals surface area (Å²) in [5.74, 6) is -0.185. The van der Waals surface area contributed by atoms with Crippen LogP contribution in [0.3, 0.4) is 0 Å². The Morgan fingerprint density at radius 2 is 0.781 bits per heavy atom. The van der Waals surface area contributed by atoms with Crippen molar-refractivity contribution in [3.05, 3.63) is 36.5 Å². The topological polar surface area (TPSA) is 149 Å². The smallest absolute Gasteiger partial charge is 0.220 e. The fraction of sp³-hybridized carbons (Fsp3) is 0.891. The van der Waals surface area contributed by atoms with Crippen molar-refractivity contribution in [1.29, 1.82) is 0 Å². The van der Waals surface area contributed by atoms with Crippen molar-refractivity contribution in [1.82, 2.24) is 5.32 Å². The Labute approximate surface area is 451 Å². The highest BCUT2D eigenvalue weighted by Gasteiger charge is 2.44. The van der Waals surface area contributed by atoms with Gasteiger partial charge in [-0.15, -0.1) is 0 Å². The molecular weight excluding hydrogens is 911 g/mol. The summed E-state index contributed by atoms with van der Waals surface area (Å²) >= 11 is 0. The summed E-state index contributed by atoms with van der Waals surface area (Å²) in [5, 5.41) is 54.6. The fourth-order valence-corrected chi connectivity index (χ4v) is 10.2. The number of amides is 1. The SMILES string of the molecule is CCCCCCCC/C=C\CCCCCCCCCCCC(=O)NC(COC1OC(CO)C(O)C(O)C1O)C(O)/C=C/CC/C=C/CCCCCCCCCCCCCCCCCCCCCCCCCCC. The Bertz CT molecular complexity index is 1240. The highest BCUT2D eigenvalue weighted by Crippen LogP contribution is 2.23. The van der Waals surface area contributed by atoms with Crippen molar-refractivity contribution in [3.63, 3.8) is 0 Å². The third-order valence-corrected chi connectivity index (χ3v) is 15.2. The number of carbonyl (C=O) groups excluding carboxylic acids is 1. The zero-order valence-electron chi connectivity index (χ0n) is 47.9. The lowest BCUT2D eigenvalue weighted by atomic mass is 9.99. The summed E-state index contributed by atoms with van der Waals surface area (Å²) in [5.41, 5.74) is 0. The number of rotatable bonds is 55. The van der Waals surface area contributed by atoms with Gasteiger partial charge in [-0.05, 0) is 57.8 Å². The standard InChI is InChI=1S/C64H121NO8/c1-3-5-7-9-11-13-15-17-19-21-23-24-25-26-27-28-29-30-31-32-33-34-36-37-39-41-43-45-47-49-51-53-58(67)57(56-72-64-63(71)62(70)61(69)59(55-66)73-64)65-60(68)54-52-50-48-46-44-42-40-38-35-22-20-18-16-14-12-10-8-6-4-2/h18,20,43,45,51,53,57-59,61-64,66-67,69-71H,3-17,19,21-42,44,46-50,52,54-56H2,1-2H3,(H,65,68)/b20-18-,45-43+,53-51+. The van der Waals surface area contributed by atoms with Gasteiger partial charge in [-0.2, -0.15) is 0 Å². The number of unbranched alkanes of at least 4 members (excludes halogenated alkanes) is 41. The zero-order chi connectivity index (χ0) is 52.9. The minimum Gasteiger partial charge on any atom is -0.394 e. The lowest BCUT2D eigenvalue weighted by Gasteiger charge is -2.40. The Balaban J connectivity index is 2.18. The van der Waals surface area contributed by atoms with Crippen LogP contribution in [0.2, 0.25) is 0 Å². The van der Waals surface area contributed by atoms with Gasteiger partial charge in [-0.25, -0.2) is 0 Å². The van der Waals surface area contributed by atoms with E-state index in [9.17, 15) is 30.3 Å². The Hall–Kier alpha value is -1.59. The van der Waals surface area contributed by atoms with Gasteiger partial charge in [0.05, 0.1) is 25.4 Å². The van der Waals surface area contributed by atoms with Crippen molar-refractivity contribution in [2.45, 2.75) is 352 Å². The number of nitrogens with one attached hydrogen (secondary N) is 1. The summed E-state index contributed by atoms with van der Waals surface area (Å²) in [6.07, 6.45) is 63.8. The quantitative estimate of drug-likeness (QED) is 0.0261. The van der Waals surface area contributed by atoms with E-state index in [4.69, 9.17) is 9.47 Å². The third-order valence-electron chi connectivity index (χ3n) is 15.2. The molecule has 1 aliphatic heterocycles. The van der Waals surface area contributed by atoms with E-state index in [-0.39, 0.29) is 12.5 Å². The van der Waals surface area contributed by atoms with Crippen LogP contribution in [0.4, 0.5) is 0 Å². The lowest BCUT2D eigenvalue weighted by Crippen LogP contribution is -2.60. The van der Waals surface area contributed by atoms with Crippen LogP contribution in [-0.4, -0.2) is 87.5 Å². The van der Waals surface area contributed by atoms with E-state index in [1.165, 1.54) is 250 Å². The molecule has 73 heavy (non-hydrogen) atoms. The van der Waals surface area contributed by atoms with Gasteiger partial charge in [0.2, 0.25) is 5.91 Å². The Kier molecular flexibility index (Phi) is 51.2. The average Bonchev–Trinajstić information content (AvgIpc) is 3.39. The molecule has 1 saturated heterocycles. The third kappa shape index (κ3) is 43.1. The predicted octanol–water partition coefficient (Wildman–Crippen LogP) is 16.3. The molecule has 0 aromatic heterocycles. The second kappa shape index (κ2) is 53.8.